The molecule has 2 rings (SSSR count). The van der Waals surface area contributed by atoms with Gasteiger partial charge in [-0.15, -0.1) is 0 Å². The Morgan fingerprint density at radius 1 is 1.26 bits per heavy atom. The molecule has 126 valence electrons. The number of carbonyl (C=O) groups is 2. The van der Waals surface area contributed by atoms with Crippen LogP contribution >= 0.6 is 0 Å². The molecule has 1 saturated carbocycles. The van der Waals surface area contributed by atoms with E-state index in [-0.39, 0.29) is 24.0 Å². The number of nitrogens with one attached hydrogen (secondary N) is 1. The van der Waals surface area contributed by atoms with Gasteiger partial charge in [0.2, 0.25) is 0 Å². The fourth-order valence-electron chi connectivity index (χ4n) is 3.03. The molecule has 0 heterocycles. The lowest BCUT2D eigenvalue weighted by Crippen LogP contribution is -2.42. The van der Waals surface area contributed by atoms with Crippen molar-refractivity contribution in [3.63, 3.8) is 0 Å². The van der Waals surface area contributed by atoms with E-state index in [4.69, 9.17) is 9.84 Å². The van der Waals surface area contributed by atoms with Crippen molar-refractivity contribution in [2.45, 2.75) is 51.5 Å². The van der Waals surface area contributed by atoms with E-state index in [1.54, 1.807) is 0 Å². The van der Waals surface area contributed by atoms with Crippen molar-refractivity contribution in [1.29, 1.82) is 0 Å². The van der Waals surface area contributed by atoms with Crippen molar-refractivity contribution >= 4 is 11.9 Å². The second kappa shape index (κ2) is 7.02. The zero-order chi connectivity index (χ0) is 17.0. The van der Waals surface area contributed by atoms with E-state index in [9.17, 15) is 9.59 Å². The van der Waals surface area contributed by atoms with Crippen LogP contribution in [0.15, 0.2) is 24.3 Å². The Morgan fingerprint density at radius 2 is 1.96 bits per heavy atom. The monoisotopic (exact) mass is 319 g/mol. The number of hydrogen-bond acceptors (Lipinski definition) is 3. The van der Waals surface area contributed by atoms with E-state index in [1.165, 1.54) is 0 Å². The Labute approximate surface area is 137 Å². The minimum atomic E-state index is -0.841. The highest BCUT2D eigenvalue weighted by molar-refractivity contribution is 5.79. The fourth-order valence-corrected chi connectivity index (χ4v) is 3.03. The zero-order valence-electron chi connectivity index (χ0n) is 14.0. The standard InChI is InChI=1S/C18H25NO4/c1-18(2,3)13-8-4-5-10-15(13)23-11-16(20)19-14-9-6-7-12(14)17(21)22/h4-5,8,10,12,14H,6-7,9,11H2,1-3H3,(H,19,20)(H,21,22)/t12-,14+/m0/s1. The average molecular weight is 319 g/mol. The summed E-state index contributed by atoms with van der Waals surface area (Å²) in [7, 11) is 0. The highest BCUT2D eigenvalue weighted by Crippen LogP contribution is 2.31. The normalized spacial score (nSPS) is 21.0. The topological polar surface area (TPSA) is 75.6 Å². The van der Waals surface area contributed by atoms with Crippen LogP contribution in [-0.2, 0) is 15.0 Å². The molecule has 2 N–H and O–H groups in total. The number of carbonyl (C=O) groups excluding carboxylic acids is 1. The molecule has 1 aromatic rings. The summed E-state index contributed by atoms with van der Waals surface area (Å²) >= 11 is 0. The molecular formula is C18H25NO4. The molecule has 0 bridgehead atoms. The van der Waals surface area contributed by atoms with Gasteiger partial charge in [-0.05, 0) is 29.9 Å². The number of carboxylic acids is 1. The van der Waals surface area contributed by atoms with Crippen molar-refractivity contribution in [3.8, 4) is 5.75 Å². The predicted molar refractivity (Wildman–Crippen MR) is 87.5 cm³/mol. The third-order valence-corrected chi connectivity index (χ3v) is 4.23. The minimum Gasteiger partial charge on any atom is -0.483 e. The molecule has 0 aliphatic heterocycles. The lowest BCUT2D eigenvalue weighted by Gasteiger charge is -2.23. The molecule has 1 aliphatic carbocycles. The van der Waals surface area contributed by atoms with E-state index in [0.717, 1.165) is 12.0 Å². The smallest absolute Gasteiger partial charge is 0.308 e. The quantitative estimate of drug-likeness (QED) is 0.875. The van der Waals surface area contributed by atoms with Crippen molar-refractivity contribution in [3.05, 3.63) is 29.8 Å². The number of para-hydroxylation sites is 1. The van der Waals surface area contributed by atoms with Gasteiger partial charge in [0.05, 0.1) is 5.92 Å². The second-order valence-electron chi connectivity index (χ2n) is 7.08. The maximum absolute atomic E-state index is 12.1. The van der Waals surface area contributed by atoms with Crippen LogP contribution < -0.4 is 10.1 Å². The van der Waals surface area contributed by atoms with Gasteiger partial charge < -0.3 is 15.2 Å². The predicted octanol–water partition coefficient (Wildman–Crippen LogP) is 2.73. The van der Waals surface area contributed by atoms with Gasteiger partial charge in [0.15, 0.2) is 6.61 Å². The Kier molecular flexibility index (Phi) is 5.29. The highest BCUT2D eigenvalue weighted by atomic mass is 16.5. The lowest BCUT2D eigenvalue weighted by atomic mass is 9.86. The van der Waals surface area contributed by atoms with Gasteiger partial charge >= 0.3 is 5.97 Å². The van der Waals surface area contributed by atoms with Gasteiger partial charge in [-0.2, -0.15) is 0 Å². The summed E-state index contributed by atoms with van der Waals surface area (Å²) in [5, 5.41) is 11.9. The van der Waals surface area contributed by atoms with Crippen molar-refractivity contribution in [2.75, 3.05) is 6.61 Å². The van der Waals surface area contributed by atoms with Crippen LogP contribution in [0.3, 0.4) is 0 Å². The van der Waals surface area contributed by atoms with Crippen LogP contribution in [0, 0.1) is 5.92 Å². The molecule has 5 nitrogen and oxygen atoms in total. The maximum atomic E-state index is 12.1. The van der Waals surface area contributed by atoms with Crippen molar-refractivity contribution < 1.29 is 19.4 Å². The first kappa shape index (κ1) is 17.3. The number of ether oxygens (including phenoxy) is 1. The van der Waals surface area contributed by atoms with Crippen LogP contribution in [0.2, 0.25) is 0 Å². The van der Waals surface area contributed by atoms with Crippen LogP contribution in [0.25, 0.3) is 0 Å². The van der Waals surface area contributed by atoms with Gasteiger partial charge in [-0.1, -0.05) is 45.4 Å². The molecule has 5 heteroatoms. The summed E-state index contributed by atoms with van der Waals surface area (Å²) in [6, 6.07) is 7.37. The number of rotatable bonds is 5. The first-order valence-electron chi connectivity index (χ1n) is 8.03. The van der Waals surface area contributed by atoms with Crippen LogP contribution in [-0.4, -0.2) is 29.6 Å². The molecule has 1 aromatic carbocycles. The number of hydrogen-bond donors (Lipinski definition) is 2. The van der Waals surface area contributed by atoms with Crippen LogP contribution in [0.1, 0.15) is 45.6 Å². The Balaban J connectivity index is 1.94. The van der Waals surface area contributed by atoms with E-state index in [2.05, 4.69) is 26.1 Å². The molecule has 0 saturated heterocycles. The lowest BCUT2D eigenvalue weighted by molar-refractivity contribution is -0.142. The number of benzene rings is 1. The third-order valence-electron chi connectivity index (χ3n) is 4.23. The molecule has 1 fully saturated rings. The molecule has 0 radical (unpaired) electrons. The summed E-state index contributed by atoms with van der Waals surface area (Å²) in [6.45, 7) is 6.16. The first-order chi connectivity index (χ1) is 10.8. The van der Waals surface area contributed by atoms with Gasteiger partial charge in [0.25, 0.3) is 5.91 Å². The number of aliphatic carboxylic acids is 1. The number of amides is 1. The van der Waals surface area contributed by atoms with E-state index in [1.807, 2.05) is 24.3 Å². The van der Waals surface area contributed by atoms with E-state index < -0.39 is 11.9 Å². The third kappa shape index (κ3) is 4.47. The van der Waals surface area contributed by atoms with E-state index in [0.29, 0.717) is 18.6 Å². The summed E-state index contributed by atoms with van der Waals surface area (Å²) in [5.74, 6) is -0.907. The zero-order valence-corrected chi connectivity index (χ0v) is 14.0. The summed E-state index contributed by atoms with van der Waals surface area (Å²) < 4.78 is 5.67. The number of carboxylic acid groups (broad SMARTS) is 1. The molecule has 1 aliphatic rings. The molecule has 2 atom stereocenters. The van der Waals surface area contributed by atoms with Gasteiger partial charge in [-0.3, -0.25) is 9.59 Å². The Hall–Kier alpha value is -2.04. The molecular weight excluding hydrogens is 294 g/mol. The maximum Gasteiger partial charge on any atom is 0.308 e. The van der Waals surface area contributed by atoms with Gasteiger partial charge in [0, 0.05) is 6.04 Å². The molecule has 1 amide bonds. The Bertz CT molecular complexity index is 577. The summed E-state index contributed by atoms with van der Waals surface area (Å²) in [5.41, 5.74) is 0.962. The second-order valence-corrected chi connectivity index (χ2v) is 7.08. The van der Waals surface area contributed by atoms with Gasteiger partial charge in [0.1, 0.15) is 5.75 Å². The SMILES string of the molecule is CC(C)(C)c1ccccc1OCC(=O)N[C@@H]1CCC[C@@H]1C(=O)O. The minimum absolute atomic E-state index is 0.0765. The fraction of sp³-hybridized carbons (Fsp3) is 0.556. The van der Waals surface area contributed by atoms with Crippen LogP contribution in [0.4, 0.5) is 0 Å². The highest BCUT2D eigenvalue weighted by Gasteiger charge is 2.33. The molecule has 0 spiro atoms. The Morgan fingerprint density at radius 3 is 2.61 bits per heavy atom. The van der Waals surface area contributed by atoms with Crippen molar-refractivity contribution in [2.24, 2.45) is 5.92 Å². The van der Waals surface area contributed by atoms with Gasteiger partial charge in [-0.25, -0.2) is 0 Å². The largest absolute Gasteiger partial charge is 0.483 e. The van der Waals surface area contributed by atoms with E-state index >= 15 is 0 Å². The first-order valence-corrected chi connectivity index (χ1v) is 8.03. The van der Waals surface area contributed by atoms with Crippen molar-refractivity contribution in [1.82, 2.24) is 5.32 Å². The molecule has 0 aromatic heterocycles. The summed E-state index contributed by atoms with van der Waals surface area (Å²) in [6.07, 6.45) is 2.16. The van der Waals surface area contributed by atoms with Crippen LogP contribution in [0.5, 0.6) is 5.75 Å². The molecule has 0 unspecified atom stereocenters. The summed E-state index contributed by atoms with van der Waals surface area (Å²) in [4.78, 5) is 23.2. The average Bonchev–Trinajstić information content (AvgIpc) is 2.92. The molecule has 23 heavy (non-hydrogen) atoms.